The van der Waals surface area contributed by atoms with Gasteiger partial charge in [0.05, 0.1) is 5.75 Å². The number of rotatable bonds is 4. The summed E-state index contributed by atoms with van der Waals surface area (Å²) in [6.07, 6.45) is 0.671. The van der Waals surface area contributed by atoms with Crippen molar-refractivity contribution in [3.63, 3.8) is 0 Å². The Balaban J connectivity index is 2.17. The molecule has 0 aromatic heterocycles. The molecule has 0 saturated carbocycles. The van der Waals surface area contributed by atoms with Crippen molar-refractivity contribution in [1.82, 2.24) is 9.21 Å². The molecule has 1 saturated heterocycles. The summed E-state index contributed by atoms with van der Waals surface area (Å²) in [5, 5.41) is 0. The Morgan fingerprint density at radius 3 is 2.53 bits per heavy atom. The number of sulfonamides is 1. The Morgan fingerprint density at radius 2 is 1.89 bits per heavy atom. The van der Waals surface area contributed by atoms with Gasteiger partial charge in [-0.15, -0.1) is 0 Å². The third-order valence-electron chi connectivity index (χ3n) is 3.65. The largest absolute Gasteiger partial charge is 0.297 e. The zero-order valence-corrected chi connectivity index (χ0v) is 12.4. The first-order valence-electron chi connectivity index (χ1n) is 6.77. The predicted molar refractivity (Wildman–Crippen MR) is 77.5 cm³/mol. The van der Waals surface area contributed by atoms with Crippen LogP contribution in [-0.4, -0.2) is 50.1 Å². The van der Waals surface area contributed by atoms with Crippen molar-refractivity contribution in [2.45, 2.75) is 19.4 Å². The van der Waals surface area contributed by atoms with Gasteiger partial charge in [0.2, 0.25) is 10.0 Å². The molecule has 106 valence electrons. The van der Waals surface area contributed by atoms with Gasteiger partial charge in [-0.25, -0.2) is 8.42 Å². The first-order valence-corrected chi connectivity index (χ1v) is 8.38. The molecule has 5 heteroatoms. The lowest BCUT2D eigenvalue weighted by Gasteiger charge is -2.39. The average Bonchev–Trinajstić information content (AvgIpc) is 2.40. The van der Waals surface area contributed by atoms with Crippen LogP contribution in [0.1, 0.15) is 24.9 Å². The molecule has 0 amide bonds. The fraction of sp³-hybridized carbons (Fsp3) is 0.571. The number of benzene rings is 1. The molecule has 1 unspecified atom stereocenters. The maximum atomic E-state index is 12.2. The lowest BCUT2D eigenvalue weighted by Crippen LogP contribution is -2.49. The second kappa shape index (κ2) is 6.03. The summed E-state index contributed by atoms with van der Waals surface area (Å²) in [6.45, 7) is 3.84. The third kappa shape index (κ3) is 3.35. The Hall–Kier alpha value is -0.910. The van der Waals surface area contributed by atoms with Gasteiger partial charge in [0.15, 0.2) is 0 Å². The zero-order chi connectivity index (χ0) is 13.9. The SMILES string of the molecule is CCCS(=O)(=O)N1CCN(C)C(c2ccccc2)C1. The topological polar surface area (TPSA) is 40.6 Å². The van der Waals surface area contributed by atoms with Gasteiger partial charge in [0.25, 0.3) is 0 Å². The molecule has 2 rings (SSSR count). The molecule has 0 radical (unpaired) electrons. The van der Waals surface area contributed by atoms with Gasteiger partial charge in [-0.2, -0.15) is 4.31 Å². The highest BCUT2D eigenvalue weighted by Crippen LogP contribution is 2.25. The van der Waals surface area contributed by atoms with Gasteiger partial charge < -0.3 is 0 Å². The van der Waals surface area contributed by atoms with Crippen molar-refractivity contribution in [3.05, 3.63) is 35.9 Å². The highest BCUT2D eigenvalue weighted by atomic mass is 32.2. The van der Waals surface area contributed by atoms with E-state index in [0.29, 0.717) is 19.5 Å². The maximum Gasteiger partial charge on any atom is 0.214 e. The van der Waals surface area contributed by atoms with Crippen molar-refractivity contribution in [2.24, 2.45) is 0 Å². The van der Waals surface area contributed by atoms with Crippen molar-refractivity contribution in [3.8, 4) is 0 Å². The molecule has 0 aliphatic carbocycles. The minimum atomic E-state index is -3.09. The first kappa shape index (κ1) is 14.5. The number of nitrogens with zero attached hydrogens (tertiary/aromatic N) is 2. The molecular formula is C14H22N2O2S. The van der Waals surface area contributed by atoms with E-state index in [1.165, 1.54) is 5.56 Å². The van der Waals surface area contributed by atoms with Crippen molar-refractivity contribution in [1.29, 1.82) is 0 Å². The van der Waals surface area contributed by atoms with Crippen LogP contribution in [-0.2, 0) is 10.0 Å². The molecule has 1 aromatic rings. The quantitative estimate of drug-likeness (QED) is 0.844. The zero-order valence-electron chi connectivity index (χ0n) is 11.6. The number of piperazine rings is 1. The monoisotopic (exact) mass is 282 g/mol. The van der Waals surface area contributed by atoms with E-state index in [1.807, 2.05) is 25.1 Å². The van der Waals surface area contributed by atoms with Crippen LogP contribution < -0.4 is 0 Å². The van der Waals surface area contributed by atoms with Gasteiger partial charge in [0.1, 0.15) is 0 Å². The number of likely N-dealkylation sites (N-methyl/N-ethyl adjacent to an activating group) is 1. The van der Waals surface area contributed by atoms with Gasteiger partial charge in [-0.3, -0.25) is 4.90 Å². The van der Waals surface area contributed by atoms with Gasteiger partial charge in [-0.05, 0) is 19.0 Å². The minimum absolute atomic E-state index is 0.154. The fourth-order valence-corrected chi connectivity index (χ4v) is 4.03. The summed E-state index contributed by atoms with van der Waals surface area (Å²) in [6, 6.07) is 10.3. The molecule has 4 nitrogen and oxygen atoms in total. The van der Waals surface area contributed by atoms with Crippen LogP contribution >= 0.6 is 0 Å². The molecule has 1 heterocycles. The van der Waals surface area contributed by atoms with Crippen LogP contribution in [0.2, 0.25) is 0 Å². The summed E-state index contributed by atoms with van der Waals surface area (Å²) in [7, 11) is -1.03. The Labute approximate surface area is 116 Å². The summed E-state index contributed by atoms with van der Waals surface area (Å²) in [4.78, 5) is 2.23. The Morgan fingerprint density at radius 1 is 1.21 bits per heavy atom. The second-order valence-corrected chi connectivity index (χ2v) is 7.17. The molecule has 1 atom stereocenters. The van der Waals surface area contributed by atoms with E-state index in [0.717, 1.165) is 6.54 Å². The van der Waals surface area contributed by atoms with E-state index in [2.05, 4.69) is 24.1 Å². The lowest BCUT2D eigenvalue weighted by molar-refractivity contribution is 0.148. The van der Waals surface area contributed by atoms with Crippen LogP contribution in [0.5, 0.6) is 0 Å². The molecule has 1 aliphatic heterocycles. The van der Waals surface area contributed by atoms with Crippen molar-refractivity contribution in [2.75, 3.05) is 32.4 Å². The molecule has 0 bridgehead atoms. The lowest BCUT2D eigenvalue weighted by atomic mass is 10.0. The smallest absolute Gasteiger partial charge is 0.214 e. The van der Waals surface area contributed by atoms with E-state index >= 15 is 0 Å². The van der Waals surface area contributed by atoms with Gasteiger partial charge >= 0.3 is 0 Å². The minimum Gasteiger partial charge on any atom is -0.297 e. The van der Waals surface area contributed by atoms with Crippen molar-refractivity contribution < 1.29 is 8.42 Å². The van der Waals surface area contributed by atoms with Gasteiger partial charge in [0, 0.05) is 25.7 Å². The number of hydrogen-bond acceptors (Lipinski definition) is 3. The molecule has 19 heavy (non-hydrogen) atoms. The predicted octanol–water partition coefficient (Wildman–Crippen LogP) is 1.71. The third-order valence-corrected chi connectivity index (χ3v) is 5.69. The number of hydrogen-bond donors (Lipinski definition) is 0. The van der Waals surface area contributed by atoms with E-state index in [1.54, 1.807) is 4.31 Å². The summed E-state index contributed by atoms with van der Waals surface area (Å²) in [5.74, 6) is 0.248. The first-order chi connectivity index (χ1) is 9.04. The molecule has 1 fully saturated rings. The summed E-state index contributed by atoms with van der Waals surface area (Å²) >= 11 is 0. The molecular weight excluding hydrogens is 260 g/mol. The highest BCUT2D eigenvalue weighted by molar-refractivity contribution is 7.89. The summed E-state index contributed by atoms with van der Waals surface area (Å²) in [5.41, 5.74) is 1.18. The van der Waals surface area contributed by atoms with Crippen LogP contribution in [0.3, 0.4) is 0 Å². The molecule has 1 aliphatic rings. The maximum absolute atomic E-state index is 12.2. The normalized spacial score (nSPS) is 22.5. The van der Waals surface area contributed by atoms with E-state index < -0.39 is 10.0 Å². The van der Waals surface area contributed by atoms with E-state index in [-0.39, 0.29) is 11.8 Å². The van der Waals surface area contributed by atoms with E-state index in [4.69, 9.17) is 0 Å². The Bertz CT molecular complexity index is 501. The van der Waals surface area contributed by atoms with Crippen molar-refractivity contribution >= 4 is 10.0 Å². The van der Waals surface area contributed by atoms with Crippen LogP contribution in [0.15, 0.2) is 30.3 Å². The highest BCUT2D eigenvalue weighted by Gasteiger charge is 2.31. The van der Waals surface area contributed by atoms with E-state index in [9.17, 15) is 8.42 Å². The van der Waals surface area contributed by atoms with Crippen LogP contribution in [0, 0.1) is 0 Å². The van der Waals surface area contributed by atoms with Crippen LogP contribution in [0.4, 0.5) is 0 Å². The molecule has 1 aromatic carbocycles. The second-order valence-electron chi connectivity index (χ2n) is 5.08. The average molecular weight is 282 g/mol. The molecule has 0 N–H and O–H groups in total. The van der Waals surface area contributed by atoms with Crippen LogP contribution in [0.25, 0.3) is 0 Å². The summed E-state index contributed by atoms with van der Waals surface area (Å²) < 4.78 is 26.0. The van der Waals surface area contributed by atoms with Gasteiger partial charge in [-0.1, -0.05) is 37.3 Å². The Kier molecular flexibility index (Phi) is 4.60. The fourth-order valence-electron chi connectivity index (χ4n) is 2.52. The standard InChI is InChI=1S/C14H22N2O2S/c1-3-11-19(17,18)16-10-9-15(2)14(12-16)13-7-5-4-6-8-13/h4-8,14H,3,9-12H2,1-2H3. The molecule has 0 spiro atoms.